The molecule has 1 N–H and O–H groups in total. The Morgan fingerprint density at radius 2 is 1.62 bits per heavy atom. The molecule has 0 amide bonds. The topological polar surface area (TPSA) is 40.5 Å². The van der Waals surface area contributed by atoms with Crippen molar-refractivity contribution in [3.8, 4) is 0 Å². The molecule has 1 heterocycles. The van der Waals surface area contributed by atoms with Gasteiger partial charge in [0.05, 0.1) is 0 Å². The average Bonchev–Trinajstić information content (AvgIpc) is 2.49. The largest absolute Gasteiger partial charge is 0.480 e. The number of hydrogen-bond acceptors (Lipinski definition) is 2. The van der Waals surface area contributed by atoms with Crippen molar-refractivity contribution in [2.45, 2.75) is 89.8 Å². The quantitative estimate of drug-likeness (QED) is 0.839. The second-order valence-corrected chi connectivity index (χ2v) is 7.83. The molecule has 1 aliphatic heterocycles. The first-order valence-electron chi connectivity index (χ1n) is 9.10. The maximum Gasteiger partial charge on any atom is 0.320 e. The molecule has 21 heavy (non-hydrogen) atoms. The van der Waals surface area contributed by atoms with E-state index in [9.17, 15) is 9.90 Å². The Morgan fingerprint density at radius 1 is 0.905 bits per heavy atom. The molecule has 0 spiro atoms. The summed E-state index contributed by atoms with van der Waals surface area (Å²) in [6.07, 6.45) is 11.0. The van der Waals surface area contributed by atoms with Gasteiger partial charge in [-0.1, -0.05) is 39.5 Å². The van der Waals surface area contributed by atoms with Crippen LogP contribution in [0.2, 0.25) is 0 Å². The fourth-order valence-electron chi connectivity index (χ4n) is 5.37. The highest BCUT2D eigenvalue weighted by Gasteiger charge is 2.46. The van der Waals surface area contributed by atoms with Crippen LogP contribution in [0.4, 0.5) is 0 Å². The van der Waals surface area contributed by atoms with Gasteiger partial charge in [0, 0.05) is 12.1 Å². The van der Waals surface area contributed by atoms with Crippen LogP contribution in [-0.2, 0) is 4.79 Å². The summed E-state index contributed by atoms with van der Waals surface area (Å²) in [6.45, 7) is 4.72. The lowest BCUT2D eigenvalue weighted by molar-refractivity contribution is -0.153. The van der Waals surface area contributed by atoms with E-state index in [0.717, 1.165) is 24.7 Å². The van der Waals surface area contributed by atoms with Crippen LogP contribution in [0, 0.1) is 17.8 Å². The van der Waals surface area contributed by atoms with E-state index in [4.69, 9.17) is 0 Å². The van der Waals surface area contributed by atoms with Gasteiger partial charge in [-0.2, -0.15) is 0 Å². The average molecular weight is 293 g/mol. The van der Waals surface area contributed by atoms with Gasteiger partial charge in [0.1, 0.15) is 6.04 Å². The number of likely N-dealkylation sites (tertiary alicyclic amines) is 1. The highest BCUT2D eigenvalue weighted by atomic mass is 16.4. The minimum atomic E-state index is -0.579. The molecule has 3 fully saturated rings. The van der Waals surface area contributed by atoms with Crippen LogP contribution >= 0.6 is 0 Å². The molecule has 1 saturated heterocycles. The third-order valence-electron chi connectivity index (χ3n) is 6.75. The Bertz CT molecular complexity index is 383. The third kappa shape index (κ3) is 2.86. The first-order valence-corrected chi connectivity index (χ1v) is 9.10. The number of rotatable bonds is 2. The Labute approximate surface area is 129 Å². The molecule has 120 valence electrons. The van der Waals surface area contributed by atoms with Crippen LogP contribution in [0.5, 0.6) is 0 Å². The number of carboxylic acids is 1. The first kappa shape index (κ1) is 15.3. The summed E-state index contributed by atoms with van der Waals surface area (Å²) < 4.78 is 0. The molecule has 3 nitrogen and oxygen atoms in total. The molecule has 3 rings (SSSR count). The SMILES string of the molecule is CC1CCCC(N2C(C(=O)O)CCC3CCCCC32)C1C. The van der Waals surface area contributed by atoms with Gasteiger partial charge in [0.25, 0.3) is 0 Å². The van der Waals surface area contributed by atoms with Crippen LogP contribution in [-0.4, -0.2) is 34.1 Å². The van der Waals surface area contributed by atoms with E-state index in [2.05, 4.69) is 18.7 Å². The number of piperidine rings is 1. The number of hydrogen-bond donors (Lipinski definition) is 1. The predicted octanol–water partition coefficient (Wildman–Crippen LogP) is 3.92. The van der Waals surface area contributed by atoms with E-state index < -0.39 is 5.97 Å². The highest BCUT2D eigenvalue weighted by Crippen LogP contribution is 2.43. The summed E-state index contributed by atoms with van der Waals surface area (Å²) in [6, 6.07) is 0.828. The maximum atomic E-state index is 11.8. The van der Waals surface area contributed by atoms with Crippen molar-refractivity contribution in [2.75, 3.05) is 0 Å². The molecule has 3 heteroatoms. The summed E-state index contributed by atoms with van der Waals surface area (Å²) in [5, 5.41) is 9.74. The van der Waals surface area contributed by atoms with Crippen molar-refractivity contribution < 1.29 is 9.90 Å². The maximum absolute atomic E-state index is 11.8. The number of nitrogens with zero attached hydrogens (tertiary/aromatic N) is 1. The van der Waals surface area contributed by atoms with E-state index in [0.29, 0.717) is 18.0 Å². The van der Waals surface area contributed by atoms with Crippen molar-refractivity contribution >= 4 is 5.97 Å². The Morgan fingerprint density at radius 3 is 2.38 bits per heavy atom. The van der Waals surface area contributed by atoms with Crippen LogP contribution in [0.15, 0.2) is 0 Å². The molecular formula is C18H31NO2. The molecule has 0 aromatic carbocycles. The normalized spacial score (nSPS) is 45.0. The van der Waals surface area contributed by atoms with E-state index in [1.807, 2.05) is 0 Å². The second-order valence-electron chi connectivity index (χ2n) is 7.83. The van der Waals surface area contributed by atoms with Crippen LogP contribution < -0.4 is 0 Å². The minimum Gasteiger partial charge on any atom is -0.480 e. The molecule has 2 aliphatic carbocycles. The van der Waals surface area contributed by atoms with E-state index in [1.54, 1.807) is 0 Å². The summed E-state index contributed by atoms with van der Waals surface area (Å²) in [4.78, 5) is 14.3. The molecule has 0 bridgehead atoms. The molecule has 0 radical (unpaired) electrons. The summed E-state index contributed by atoms with van der Waals surface area (Å²) in [5.74, 6) is 1.56. The van der Waals surface area contributed by atoms with Gasteiger partial charge < -0.3 is 5.11 Å². The second kappa shape index (κ2) is 6.28. The zero-order valence-electron chi connectivity index (χ0n) is 13.6. The first-order chi connectivity index (χ1) is 10.1. The van der Waals surface area contributed by atoms with Gasteiger partial charge in [-0.05, 0) is 49.9 Å². The molecule has 6 atom stereocenters. The third-order valence-corrected chi connectivity index (χ3v) is 6.75. The van der Waals surface area contributed by atoms with Gasteiger partial charge in [-0.15, -0.1) is 0 Å². The van der Waals surface area contributed by atoms with E-state index in [1.165, 1.54) is 44.9 Å². The zero-order chi connectivity index (χ0) is 15.0. The minimum absolute atomic E-state index is 0.220. The number of aliphatic carboxylic acids is 1. The molecule has 3 aliphatic rings. The van der Waals surface area contributed by atoms with Crippen molar-refractivity contribution in [2.24, 2.45) is 17.8 Å². The fourth-order valence-corrected chi connectivity index (χ4v) is 5.37. The van der Waals surface area contributed by atoms with E-state index >= 15 is 0 Å². The van der Waals surface area contributed by atoms with Gasteiger partial charge >= 0.3 is 5.97 Å². The lowest BCUT2D eigenvalue weighted by Crippen LogP contribution is -2.61. The Balaban J connectivity index is 1.86. The van der Waals surface area contributed by atoms with Gasteiger partial charge in [0.2, 0.25) is 0 Å². The summed E-state index contributed by atoms with van der Waals surface area (Å²) >= 11 is 0. The summed E-state index contributed by atoms with van der Waals surface area (Å²) in [7, 11) is 0. The fraction of sp³-hybridized carbons (Fsp3) is 0.944. The smallest absolute Gasteiger partial charge is 0.320 e. The van der Waals surface area contributed by atoms with E-state index in [-0.39, 0.29) is 6.04 Å². The zero-order valence-corrected chi connectivity index (χ0v) is 13.6. The number of fused-ring (bicyclic) bond motifs is 1. The van der Waals surface area contributed by atoms with Crippen molar-refractivity contribution in [3.63, 3.8) is 0 Å². The van der Waals surface area contributed by atoms with Crippen LogP contribution in [0.25, 0.3) is 0 Å². The molecule has 2 saturated carbocycles. The Kier molecular flexibility index (Phi) is 4.58. The van der Waals surface area contributed by atoms with Gasteiger partial charge in [0.15, 0.2) is 0 Å². The van der Waals surface area contributed by atoms with Crippen molar-refractivity contribution in [3.05, 3.63) is 0 Å². The monoisotopic (exact) mass is 293 g/mol. The summed E-state index contributed by atoms with van der Waals surface area (Å²) in [5.41, 5.74) is 0. The van der Waals surface area contributed by atoms with Crippen LogP contribution in [0.1, 0.15) is 71.6 Å². The van der Waals surface area contributed by atoms with Crippen molar-refractivity contribution in [1.82, 2.24) is 4.90 Å². The lowest BCUT2D eigenvalue weighted by Gasteiger charge is -2.53. The number of carboxylic acid groups (broad SMARTS) is 1. The molecule has 6 unspecified atom stereocenters. The highest BCUT2D eigenvalue weighted by molar-refractivity contribution is 5.73. The standard InChI is InChI=1S/C18H31NO2/c1-12-6-5-9-15(13(12)2)19-16-8-4-3-7-14(16)10-11-17(19)18(20)21/h12-17H,3-11H2,1-2H3,(H,20,21). The van der Waals surface area contributed by atoms with Gasteiger partial charge in [-0.25, -0.2) is 0 Å². The van der Waals surface area contributed by atoms with Crippen LogP contribution in [0.3, 0.4) is 0 Å². The van der Waals surface area contributed by atoms with Crippen molar-refractivity contribution in [1.29, 1.82) is 0 Å². The molecular weight excluding hydrogens is 262 g/mol. The molecule has 0 aromatic rings. The van der Waals surface area contributed by atoms with Gasteiger partial charge in [-0.3, -0.25) is 9.69 Å². The predicted molar refractivity (Wildman–Crippen MR) is 84.2 cm³/mol. The number of carbonyl (C=O) groups is 1. The lowest BCUT2D eigenvalue weighted by atomic mass is 9.71. The Hall–Kier alpha value is -0.570. The molecule has 0 aromatic heterocycles.